The summed E-state index contributed by atoms with van der Waals surface area (Å²) in [7, 11) is 0. The van der Waals surface area contributed by atoms with Crippen molar-refractivity contribution in [2.24, 2.45) is 5.73 Å². The lowest BCUT2D eigenvalue weighted by atomic mass is 9.96. The summed E-state index contributed by atoms with van der Waals surface area (Å²) in [4.78, 5) is 4.07. The van der Waals surface area contributed by atoms with Crippen LogP contribution < -0.4 is 5.73 Å². The van der Waals surface area contributed by atoms with Crippen molar-refractivity contribution in [3.05, 3.63) is 53.1 Å². The van der Waals surface area contributed by atoms with Crippen LogP contribution in [0.2, 0.25) is 0 Å². The fourth-order valence-electron chi connectivity index (χ4n) is 2.75. The second-order valence-electron chi connectivity index (χ2n) is 5.10. The monoisotopic (exact) mass is 296 g/mol. The van der Waals surface area contributed by atoms with Crippen molar-refractivity contribution in [2.45, 2.75) is 25.1 Å². The predicted molar refractivity (Wildman–Crippen MR) is 69.9 cm³/mol. The quantitative estimate of drug-likeness (QED) is 0.812. The maximum atomic E-state index is 13.7. The molecule has 1 aliphatic rings. The first kappa shape index (κ1) is 14.0. The Morgan fingerprint density at radius 3 is 2.62 bits per heavy atom. The highest BCUT2D eigenvalue weighted by Crippen LogP contribution is 2.38. The van der Waals surface area contributed by atoms with Gasteiger partial charge in [0, 0.05) is 24.0 Å². The zero-order valence-corrected chi connectivity index (χ0v) is 10.9. The number of aryl methyl sites for hydroxylation is 1. The Hall–Kier alpha value is -1.95. The standard InChI is InChI=1S/C15H12F4N2/c16-12-5-8(1-3-11(12)15(17,18)19)10-7-21-6-9-2-4-13(20)14(9)10/h1,3,5-7,13H,2,4,20H2. The molecule has 2 nitrogen and oxygen atoms in total. The second-order valence-corrected chi connectivity index (χ2v) is 5.10. The van der Waals surface area contributed by atoms with E-state index in [1.165, 1.54) is 12.3 Å². The van der Waals surface area contributed by atoms with Crippen LogP contribution in [-0.2, 0) is 12.6 Å². The van der Waals surface area contributed by atoms with E-state index in [9.17, 15) is 17.6 Å². The zero-order valence-electron chi connectivity index (χ0n) is 10.9. The Kier molecular flexibility index (Phi) is 3.20. The molecule has 0 saturated heterocycles. The number of rotatable bonds is 1. The van der Waals surface area contributed by atoms with Crippen LogP contribution in [0.1, 0.15) is 29.2 Å². The van der Waals surface area contributed by atoms with Crippen LogP contribution in [0.4, 0.5) is 17.6 Å². The third kappa shape index (κ3) is 2.40. The van der Waals surface area contributed by atoms with E-state index in [-0.39, 0.29) is 6.04 Å². The third-order valence-electron chi connectivity index (χ3n) is 3.75. The normalized spacial score (nSPS) is 17.9. The fraction of sp³-hybridized carbons (Fsp3) is 0.267. The summed E-state index contributed by atoms with van der Waals surface area (Å²) in [6.45, 7) is 0. The van der Waals surface area contributed by atoms with Gasteiger partial charge in [-0.25, -0.2) is 4.39 Å². The van der Waals surface area contributed by atoms with E-state index in [1.54, 1.807) is 6.20 Å². The van der Waals surface area contributed by atoms with Gasteiger partial charge in [0.15, 0.2) is 0 Å². The Morgan fingerprint density at radius 1 is 1.19 bits per heavy atom. The molecule has 0 spiro atoms. The first-order valence-corrected chi connectivity index (χ1v) is 6.47. The molecule has 1 aliphatic carbocycles. The summed E-state index contributed by atoms with van der Waals surface area (Å²) < 4.78 is 51.5. The van der Waals surface area contributed by atoms with Gasteiger partial charge in [0.2, 0.25) is 0 Å². The van der Waals surface area contributed by atoms with Gasteiger partial charge in [0.1, 0.15) is 5.82 Å². The number of hydrogen-bond donors (Lipinski definition) is 1. The number of pyridine rings is 1. The van der Waals surface area contributed by atoms with Gasteiger partial charge >= 0.3 is 6.18 Å². The lowest BCUT2D eigenvalue weighted by Gasteiger charge is -2.14. The molecule has 3 rings (SSSR count). The van der Waals surface area contributed by atoms with Crippen molar-refractivity contribution >= 4 is 0 Å². The molecular weight excluding hydrogens is 284 g/mol. The molecule has 110 valence electrons. The number of halogens is 4. The van der Waals surface area contributed by atoms with E-state index in [0.717, 1.165) is 36.1 Å². The Balaban J connectivity index is 2.11. The molecule has 1 atom stereocenters. The highest BCUT2D eigenvalue weighted by molar-refractivity contribution is 5.69. The lowest BCUT2D eigenvalue weighted by Crippen LogP contribution is -2.09. The molecule has 21 heavy (non-hydrogen) atoms. The molecule has 1 unspecified atom stereocenters. The minimum Gasteiger partial charge on any atom is -0.324 e. The maximum Gasteiger partial charge on any atom is 0.419 e. The summed E-state index contributed by atoms with van der Waals surface area (Å²) in [5.74, 6) is -1.29. The average Bonchev–Trinajstić information content (AvgIpc) is 2.79. The van der Waals surface area contributed by atoms with Crippen LogP contribution in [0.15, 0.2) is 30.6 Å². The van der Waals surface area contributed by atoms with Crippen LogP contribution in [-0.4, -0.2) is 4.98 Å². The minimum atomic E-state index is -4.70. The van der Waals surface area contributed by atoms with Crippen LogP contribution in [0.3, 0.4) is 0 Å². The van der Waals surface area contributed by atoms with E-state index in [0.29, 0.717) is 11.1 Å². The molecule has 1 aromatic carbocycles. The fourth-order valence-corrected chi connectivity index (χ4v) is 2.75. The van der Waals surface area contributed by atoms with Gasteiger partial charge in [-0.1, -0.05) is 6.07 Å². The van der Waals surface area contributed by atoms with Crippen LogP contribution in [0.25, 0.3) is 11.1 Å². The van der Waals surface area contributed by atoms with Gasteiger partial charge in [0.05, 0.1) is 5.56 Å². The number of nitrogens with two attached hydrogens (primary N) is 1. The first-order valence-electron chi connectivity index (χ1n) is 6.47. The number of aromatic nitrogens is 1. The predicted octanol–water partition coefficient (Wildman–Crippen LogP) is 3.85. The number of alkyl halides is 3. The molecule has 0 amide bonds. The molecular formula is C15H12F4N2. The molecule has 0 fully saturated rings. The molecule has 2 N–H and O–H groups in total. The molecule has 0 saturated carbocycles. The summed E-state index contributed by atoms with van der Waals surface area (Å²) >= 11 is 0. The minimum absolute atomic E-state index is 0.191. The van der Waals surface area contributed by atoms with Crippen molar-refractivity contribution in [2.75, 3.05) is 0 Å². The van der Waals surface area contributed by atoms with Gasteiger partial charge in [0.25, 0.3) is 0 Å². The Labute approximate surface area is 118 Å². The van der Waals surface area contributed by atoms with E-state index < -0.39 is 17.6 Å². The van der Waals surface area contributed by atoms with Gasteiger partial charge in [-0.05, 0) is 41.7 Å². The SMILES string of the molecule is NC1CCc2cncc(-c3ccc(C(F)(F)F)c(F)c3)c21. The zero-order chi connectivity index (χ0) is 15.2. The van der Waals surface area contributed by atoms with Gasteiger partial charge in [-0.2, -0.15) is 13.2 Å². The number of nitrogens with zero attached hydrogens (tertiary/aromatic N) is 1. The highest BCUT2D eigenvalue weighted by atomic mass is 19.4. The number of benzene rings is 1. The Bertz CT molecular complexity index is 695. The van der Waals surface area contributed by atoms with Crippen LogP contribution in [0.5, 0.6) is 0 Å². The van der Waals surface area contributed by atoms with Gasteiger partial charge < -0.3 is 5.73 Å². The van der Waals surface area contributed by atoms with Crippen LogP contribution >= 0.6 is 0 Å². The highest BCUT2D eigenvalue weighted by Gasteiger charge is 2.34. The largest absolute Gasteiger partial charge is 0.419 e. The molecule has 2 aromatic rings. The molecule has 1 heterocycles. The first-order chi connectivity index (χ1) is 9.88. The summed E-state index contributed by atoms with van der Waals surface area (Å²) in [6.07, 6.45) is 0.0612. The van der Waals surface area contributed by atoms with Gasteiger partial charge in [-0.15, -0.1) is 0 Å². The van der Waals surface area contributed by atoms with Crippen LogP contribution in [0, 0.1) is 5.82 Å². The van der Waals surface area contributed by atoms with Gasteiger partial charge in [-0.3, -0.25) is 4.98 Å². The lowest BCUT2D eigenvalue weighted by molar-refractivity contribution is -0.139. The molecule has 0 bridgehead atoms. The van der Waals surface area contributed by atoms with E-state index >= 15 is 0 Å². The van der Waals surface area contributed by atoms with Crippen molar-refractivity contribution in [1.29, 1.82) is 0 Å². The molecule has 0 aliphatic heterocycles. The van der Waals surface area contributed by atoms with Crippen molar-refractivity contribution in [1.82, 2.24) is 4.98 Å². The van der Waals surface area contributed by atoms with Crippen molar-refractivity contribution in [3.63, 3.8) is 0 Å². The maximum absolute atomic E-state index is 13.7. The topological polar surface area (TPSA) is 38.9 Å². The van der Waals surface area contributed by atoms with Crippen molar-refractivity contribution < 1.29 is 17.6 Å². The molecule has 0 radical (unpaired) electrons. The summed E-state index contributed by atoms with van der Waals surface area (Å²) in [5.41, 5.74) is 7.54. The third-order valence-corrected chi connectivity index (χ3v) is 3.75. The number of fused-ring (bicyclic) bond motifs is 1. The number of hydrogen-bond acceptors (Lipinski definition) is 2. The summed E-state index contributed by atoms with van der Waals surface area (Å²) in [6, 6.07) is 2.72. The molecule has 6 heteroatoms. The smallest absolute Gasteiger partial charge is 0.324 e. The summed E-state index contributed by atoms with van der Waals surface area (Å²) in [5, 5.41) is 0. The van der Waals surface area contributed by atoms with E-state index in [1.807, 2.05) is 0 Å². The molecule has 1 aromatic heterocycles. The van der Waals surface area contributed by atoms with Crippen molar-refractivity contribution in [3.8, 4) is 11.1 Å². The second kappa shape index (κ2) is 4.80. The average molecular weight is 296 g/mol. The van der Waals surface area contributed by atoms with E-state index in [4.69, 9.17) is 5.73 Å². The Morgan fingerprint density at radius 2 is 1.95 bits per heavy atom. The van der Waals surface area contributed by atoms with E-state index in [2.05, 4.69) is 4.98 Å².